The number of anilines is 1. The smallest absolute Gasteiger partial charge is 0.274 e. The summed E-state index contributed by atoms with van der Waals surface area (Å²) in [5, 5.41) is 0.819. The number of ether oxygens (including phenoxy) is 1. The summed E-state index contributed by atoms with van der Waals surface area (Å²) in [5.74, 6) is 0.567. The zero-order valence-corrected chi connectivity index (χ0v) is 17.1. The molecule has 0 saturated carbocycles. The van der Waals surface area contributed by atoms with Crippen molar-refractivity contribution in [2.45, 2.75) is 23.6 Å². The number of hydrogen-bond donors (Lipinski definition) is 0. The highest BCUT2D eigenvalue weighted by atomic mass is 35.5. The number of halogens is 1. The highest BCUT2D eigenvalue weighted by Gasteiger charge is 2.41. The molecule has 2 aliphatic heterocycles. The fraction of sp³-hybridized carbons (Fsp3) is 0.500. The molecule has 2 aliphatic rings. The molecule has 2 saturated heterocycles. The van der Waals surface area contributed by atoms with Crippen LogP contribution in [0.5, 0.6) is 0 Å². The maximum atomic E-state index is 12.9. The first-order chi connectivity index (χ1) is 13.6. The summed E-state index contributed by atoms with van der Waals surface area (Å²) in [6.45, 7) is 3.31. The lowest BCUT2D eigenvalue weighted by atomic mass is 9.89. The Kier molecular flexibility index (Phi) is 5.65. The minimum Gasteiger partial charge on any atom is -0.371 e. The Labute approximate surface area is 172 Å². The van der Waals surface area contributed by atoms with Gasteiger partial charge in [-0.3, -0.25) is 4.79 Å². The van der Waals surface area contributed by atoms with Gasteiger partial charge in [-0.15, -0.1) is 0 Å². The number of carbonyl (C=O) groups is 1. The normalized spacial score (nSPS) is 19.1. The second-order valence-corrected chi connectivity index (χ2v) is 8.03. The molecule has 0 bridgehead atoms. The molecule has 2 fully saturated rings. The van der Waals surface area contributed by atoms with E-state index in [2.05, 4.69) is 24.8 Å². The third kappa shape index (κ3) is 3.92. The molecule has 148 valence electrons. The molecule has 0 aliphatic carbocycles. The molecule has 0 N–H and O–H groups in total. The molecule has 28 heavy (non-hydrogen) atoms. The fourth-order valence-corrected chi connectivity index (χ4v) is 4.15. The van der Waals surface area contributed by atoms with Crippen LogP contribution in [-0.2, 0) is 4.74 Å². The summed E-state index contributed by atoms with van der Waals surface area (Å²) < 4.78 is 6.16. The van der Waals surface area contributed by atoms with Crippen LogP contribution < -0.4 is 4.90 Å². The van der Waals surface area contributed by atoms with E-state index < -0.39 is 0 Å². The Morgan fingerprint density at radius 2 is 1.96 bits per heavy atom. The number of aromatic nitrogens is 4. The van der Waals surface area contributed by atoms with E-state index in [0.29, 0.717) is 24.9 Å². The van der Waals surface area contributed by atoms with Gasteiger partial charge in [0.2, 0.25) is 5.95 Å². The molecular weight excluding hydrogens is 400 g/mol. The van der Waals surface area contributed by atoms with Crippen molar-refractivity contribution < 1.29 is 9.53 Å². The molecule has 8 nitrogen and oxygen atoms in total. The van der Waals surface area contributed by atoms with E-state index in [1.54, 1.807) is 17.3 Å². The van der Waals surface area contributed by atoms with Crippen molar-refractivity contribution >= 4 is 35.2 Å². The average molecular weight is 421 g/mol. The van der Waals surface area contributed by atoms with Crippen LogP contribution in [0.3, 0.4) is 0 Å². The van der Waals surface area contributed by atoms with Gasteiger partial charge in [-0.05, 0) is 25.2 Å². The minimum absolute atomic E-state index is 0.156. The maximum absolute atomic E-state index is 12.9. The molecule has 4 rings (SSSR count). The Bertz CT molecular complexity index is 847. The van der Waals surface area contributed by atoms with Crippen LogP contribution >= 0.6 is 23.4 Å². The van der Waals surface area contributed by atoms with E-state index in [0.717, 1.165) is 31.9 Å². The van der Waals surface area contributed by atoms with E-state index in [1.807, 2.05) is 12.3 Å². The van der Waals surface area contributed by atoms with Gasteiger partial charge in [-0.25, -0.2) is 19.9 Å². The van der Waals surface area contributed by atoms with Crippen molar-refractivity contribution in [3.8, 4) is 0 Å². The van der Waals surface area contributed by atoms with Gasteiger partial charge in [0.1, 0.15) is 0 Å². The van der Waals surface area contributed by atoms with Gasteiger partial charge in [0.15, 0.2) is 10.9 Å². The predicted molar refractivity (Wildman–Crippen MR) is 107 cm³/mol. The van der Waals surface area contributed by atoms with Crippen LogP contribution in [0.1, 0.15) is 23.3 Å². The van der Waals surface area contributed by atoms with Crippen molar-refractivity contribution in [1.29, 1.82) is 0 Å². The first-order valence-corrected chi connectivity index (χ1v) is 10.7. The summed E-state index contributed by atoms with van der Waals surface area (Å²) in [7, 11) is 0. The fourth-order valence-electron chi connectivity index (χ4n) is 3.64. The Morgan fingerprint density at radius 1 is 1.21 bits per heavy atom. The van der Waals surface area contributed by atoms with Gasteiger partial charge in [0, 0.05) is 32.0 Å². The number of hydrogen-bond acceptors (Lipinski definition) is 8. The molecule has 4 heterocycles. The highest BCUT2D eigenvalue weighted by molar-refractivity contribution is 7.98. The number of carbonyl (C=O) groups excluding carboxylic acids is 1. The molecule has 1 amide bonds. The molecule has 1 spiro atoms. The summed E-state index contributed by atoms with van der Waals surface area (Å²) in [5.41, 5.74) is -0.0189. The Hall–Kier alpha value is -1.97. The maximum Gasteiger partial charge on any atom is 0.274 e. The van der Waals surface area contributed by atoms with E-state index >= 15 is 0 Å². The second kappa shape index (κ2) is 8.18. The predicted octanol–water partition coefficient (Wildman–Crippen LogP) is 2.15. The van der Waals surface area contributed by atoms with Crippen molar-refractivity contribution in [3.63, 3.8) is 0 Å². The van der Waals surface area contributed by atoms with Gasteiger partial charge < -0.3 is 14.5 Å². The molecule has 0 unspecified atom stereocenters. The first kappa shape index (κ1) is 19.4. The lowest BCUT2D eigenvalue weighted by Gasteiger charge is -2.47. The number of piperidine rings is 1. The van der Waals surface area contributed by atoms with Crippen molar-refractivity contribution in [3.05, 3.63) is 35.4 Å². The third-order valence-electron chi connectivity index (χ3n) is 5.15. The second-order valence-electron chi connectivity index (χ2n) is 6.85. The van der Waals surface area contributed by atoms with E-state index in [4.69, 9.17) is 16.3 Å². The highest BCUT2D eigenvalue weighted by Crippen LogP contribution is 2.32. The summed E-state index contributed by atoms with van der Waals surface area (Å²) in [6, 6.07) is 1.81. The van der Waals surface area contributed by atoms with E-state index in [-0.39, 0.29) is 22.2 Å². The van der Waals surface area contributed by atoms with Gasteiger partial charge in [-0.2, -0.15) is 0 Å². The molecular formula is C18H21ClN6O2S. The Balaban J connectivity index is 1.43. The van der Waals surface area contributed by atoms with Crippen LogP contribution in [0, 0.1) is 0 Å². The molecule has 2 aromatic rings. The standard InChI is InChI=1S/C18H21ClN6O2S/c1-28-17-22-11-13(19)14(23-17)15(26)24-7-3-18(4-8-24)12-25(9-10-27-18)16-20-5-2-6-21-16/h2,5-6,11H,3-4,7-10,12H2,1H3. The lowest BCUT2D eigenvalue weighted by molar-refractivity contribution is -0.0872. The van der Waals surface area contributed by atoms with Crippen LogP contribution in [0.4, 0.5) is 5.95 Å². The lowest BCUT2D eigenvalue weighted by Crippen LogP contribution is -2.58. The topological polar surface area (TPSA) is 84.3 Å². The van der Waals surface area contributed by atoms with Gasteiger partial charge in [0.25, 0.3) is 5.91 Å². The molecule has 0 atom stereocenters. The number of rotatable bonds is 3. The number of likely N-dealkylation sites (tertiary alicyclic amines) is 1. The number of nitrogens with zero attached hydrogens (tertiary/aromatic N) is 6. The zero-order valence-electron chi connectivity index (χ0n) is 15.5. The quantitative estimate of drug-likeness (QED) is 0.551. The van der Waals surface area contributed by atoms with Crippen LogP contribution in [0.2, 0.25) is 5.02 Å². The first-order valence-electron chi connectivity index (χ1n) is 9.12. The van der Waals surface area contributed by atoms with E-state index in [1.165, 1.54) is 18.0 Å². The van der Waals surface area contributed by atoms with Gasteiger partial charge in [-0.1, -0.05) is 23.4 Å². The molecule has 0 aromatic carbocycles. The largest absolute Gasteiger partial charge is 0.371 e. The summed E-state index contributed by atoms with van der Waals surface area (Å²) in [6.07, 6.45) is 8.35. The summed E-state index contributed by atoms with van der Waals surface area (Å²) in [4.78, 5) is 34.0. The average Bonchev–Trinajstić information content (AvgIpc) is 2.75. The van der Waals surface area contributed by atoms with Crippen molar-refractivity contribution in [2.24, 2.45) is 0 Å². The van der Waals surface area contributed by atoms with Crippen LogP contribution in [0.15, 0.2) is 29.8 Å². The van der Waals surface area contributed by atoms with Crippen molar-refractivity contribution in [1.82, 2.24) is 24.8 Å². The van der Waals surface area contributed by atoms with Gasteiger partial charge >= 0.3 is 0 Å². The zero-order chi connectivity index (χ0) is 19.6. The minimum atomic E-state index is -0.284. The molecule has 2 aromatic heterocycles. The van der Waals surface area contributed by atoms with Gasteiger partial charge in [0.05, 0.1) is 30.0 Å². The van der Waals surface area contributed by atoms with Crippen molar-refractivity contribution in [2.75, 3.05) is 43.9 Å². The Morgan fingerprint density at radius 3 is 2.68 bits per heavy atom. The number of thioether (sulfide) groups is 1. The molecule has 10 heteroatoms. The number of morpholine rings is 1. The van der Waals surface area contributed by atoms with E-state index in [9.17, 15) is 4.79 Å². The van der Waals surface area contributed by atoms with Crippen LogP contribution in [0.25, 0.3) is 0 Å². The monoisotopic (exact) mass is 420 g/mol. The van der Waals surface area contributed by atoms with Crippen LogP contribution in [-0.4, -0.2) is 75.4 Å². The number of amides is 1. The SMILES string of the molecule is CSc1ncc(Cl)c(C(=O)N2CCC3(CC2)CN(c2ncccn2)CCO3)n1. The third-order valence-corrected chi connectivity index (χ3v) is 5.99. The summed E-state index contributed by atoms with van der Waals surface area (Å²) >= 11 is 7.55. The molecule has 0 radical (unpaired) electrons.